The van der Waals surface area contributed by atoms with Crippen LogP contribution in [0, 0.1) is 0 Å². The molecule has 4 heteroatoms. The van der Waals surface area contributed by atoms with Crippen molar-refractivity contribution >= 4 is 5.82 Å². The van der Waals surface area contributed by atoms with E-state index in [0.29, 0.717) is 12.4 Å². The summed E-state index contributed by atoms with van der Waals surface area (Å²) in [4.78, 5) is 4.13. The Morgan fingerprint density at radius 3 is 2.76 bits per heavy atom. The molecule has 3 N–H and O–H groups in total. The molecular weight excluding hydrogens is 214 g/mol. The Morgan fingerprint density at radius 1 is 1.47 bits per heavy atom. The lowest BCUT2D eigenvalue weighted by molar-refractivity contribution is 0.0296. The molecule has 0 spiro atoms. The second-order valence-electron chi connectivity index (χ2n) is 4.03. The lowest BCUT2D eigenvalue weighted by Gasteiger charge is -2.27. The Morgan fingerprint density at radius 2 is 2.24 bits per heavy atom. The summed E-state index contributed by atoms with van der Waals surface area (Å²) in [5.41, 5.74) is 6.94. The number of aromatic nitrogens is 1. The summed E-state index contributed by atoms with van der Waals surface area (Å²) in [7, 11) is 1.93. The maximum Gasteiger partial charge on any atom is 0.128 e. The van der Waals surface area contributed by atoms with Gasteiger partial charge in [0.25, 0.3) is 0 Å². The lowest BCUT2D eigenvalue weighted by atomic mass is 9.98. The molecule has 0 aromatic carbocycles. The third-order valence-corrected chi connectivity index (χ3v) is 2.84. The Bertz CT molecular complexity index is 324. The fourth-order valence-corrected chi connectivity index (χ4v) is 2.08. The van der Waals surface area contributed by atoms with E-state index in [9.17, 15) is 0 Å². The van der Waals surface area contributed by atoms with Gasteiger partial charge in [-0.3, -0.25) is 0 Å². The number of anilines is 1. The van der Waals surface area contributed by atoms with Crippen molar-refractivity contribution in [2.24, 2.45) is 0 Å². The highest BCUT2D eigenvalue weighted by Gasteiger charge is 2.23. The van der Waals surface area contributed by atoms with Crippen molar-refractivity contribution in [3.63, 3.8) is 0 Å². The Labute approximate surface area is 104 Å². The summed E-state index contributed by atoms with van der Waals surface area (Å²) in [6, 6.07) is 4.01. The number of pyridine rings is 1. The summed E-state index contributed by atoms with van der Waals surface area (Å²) in [5, 5.41) is 3.28. The van der Waals surface area contributed by atoms with Gasteiger partial charge in [0.1, 0.15) is 5.82 Å². The summed E-state index contributed by atoms with van der Waals surface area (Å²) < 4.78 is 5.80. The average Bonchev–Trinajstić information content (AvgIpc) is 2.33. The van der Waals surface area contributed by atoms with E-state index in [1.165, 1.54) is 0 Å². The molecule has 0 saturated carbocycles. The molecule has 96 valence electrons. The van der Waals surface area contributed by atoms with Crippen molar-refractivity contribution in [1.82, 2.24) is 10.3 Å². The first-order valence-electron chi connectivity index (χ1n) is 6.23. The molecule has 0 bridgehead atoms. The molecular formula is C13H23N3O. The molecule has 0 amide bonds. The van der Waals surface area contributed by atoms with Gasteiger partial charge in [-0.15, -0.1) is 0 Å². The minimum atomic E-state index is 0.101. The van der Waals surface area contributed by atoms with Crippen LogP contribution in [0.3, 0.4) is 0 Å². The smallest absolute Gasteiger partial charge is 0.128 e. The Kier molecular flexibility index (Phi) is 5.94. The molecule has 1 aromatic rings. The van der Waals surface area contributed by atoms with Crippen molar-refractivity contribution in [2.75, 3.05) is 19.4 Å². The van der Waals surface area contributed by atoms with E-state index in [0.717, 1.165) is 18.4 Å². The zero-order valence-electron chi connectivity index (χ0n) is 10.9. The lowest BCUT2D eigenvalue weighted by Crippen LogP contribution is -2.32. The van der Waals surface area contributed by atoms with E-state index in [1.54, 1.807) is 6.20 Å². The van der Waals surface area contributed by atoms with Crippen LogP contribution in [0.1, 0.15) is 38.3 Å². The van der Waals surface area contributed by atoms with Gasteiger partial charge in [-0.25, -0.2) is 4.98 Å². The quantitative estimate of drug-likeness (QED) is 0.762. The standard InChI is InChI=1S/C13H23N3O/c1-4-7-11(17-5-2)12(15-3)10-8-6-9-16-13(10)14/h6,8-9,11-12,15H,4-5,7H2,1-3H3,(H2,14,16). The van der Waals surface area contributed by atoms with E-state index >= 15 is 0 Å². The van der Waals surface area contributed by atoms with E-state index in [1.807, 2.05) is 26.1 Å². The van der Waals surface area contributed by atoms with Crippen molar-refractivity contribution in [2.45, 2.75) is 38.8 Å². The molecule has 0 aliphatic rings. The predicted molar refractivity (Wildman–Crippen MR) is 70.8 cm³/mol. The zero-order chi connectivity index (χ0) is 12.7. The van der Waals surface area contributed by atoms with Crippen LogP contribution in [0.4, 0.5) is 5.82 Å². The number of hydrogen-bond acceptors (Lipinski definition) is 4. The summed E-state index contributed by atoms with van der Waals surface area (Å²) in [6.07, 6.45) is 3.94. The Hall–Kier alpha value is -1.13. The highest BCUT2D eigenvalue weighted by Crippen LogP contribution is 2.25. The maximum absolute atomic E-state index is 5.92. The molecule has 4 nitrogen and oxygen atoms in total. The van der Waals surface area contributed by atoms with Crippen molar-refractivity contribution in [3.05, 3.63) is 23.9 Å². The SMILES string of the molecule is CCCC(OCC)C(NC)c1cccnc1N. The second-order valence-corrected chi connectivity index (χ2v) is 4.03. The van der Waals surface area contributed by atoms with Crippen LogP contribution in [-0.2, 0) is 4.74 Å². The van der Waals surface area contributed by atoms with Crippen LogP contribution in [-0.4, -0.2) is 24.7 Å². The third-order valence-electron chi connectivity index (χ3n) is 2.84. The molecule has 0 fully saturated rings. The number of nitrogens with zero attached hydrogens (tertiary/aromatic N) is 1. The predicted octanol–water partition coefficient (Wildman–Crippen LogP) is 2.13. The normalized spacial score (nSPS) is 14.5. The van der Waals surface area contributed by atoms with Gasteiger partial charge in [0, 0.05) is 18.4 Å². The van der Waals surface area contributed by atoms with Gasteiger partial charge in [-0.1, -0.05) is 19.4 Å². The number of rotatable bonds is 7. The molecule has 0 aliphatic heterocycles. The fraction of sp³-hybridized carbons (Fsp3) is 0.615. The van der Waals surface area contributed by atoms with E-state index in [2.05, 4.69) is 17.2 Å². The van der Waals surface area contributed by atoms with Gasteiger partial charge in [-0.05, 0) is 26.5 Å². The van der Waals surface area contributed by atoms with E-state index in [-0.39, 0.29) is 12.1 Å². The number of nitrogen functional groups attached to an aromatic ring is 1. The first-order valence-corrected chi connectivity index (χ1v) is 6.23. The zero-order valence-corrected chi connectivity index (χ0v) is 10.9. The van der Waals surface area contributed by atoms with Gasteiger partial charge in [0.05, 0.1) is 12.1 Å². The van der Waals surface area contributed by atoms with Gasteiger partial charge >= 0.3 is 0 Å². The first kappa shape index (κ1) is 13.9. The van der Waals surface area contributed by atoms with Crippen LogP contribution in [0.2, 0.25) is 0 Å². The molecule has 0 saturated heterocycles. The minimum Gasteiger partial charge on any atom is -0.383 e. The summed E-state index contributed by atoms with van der Waals surface area (Å²) >= 11 is 0. The summed E-state index contributed by atoms with van der Waals surface area (Å²) in [5.74, 6) is 0.577. The van der Waals surface area contributed by atoms with Crippen LogP contribution in [0.5, 0.6) is 0 Å². The largest absolute Gasteiger partial charge is 0.383 e. The highest BCUT2D eigenvalue weighted by atomic mass is 16.5. The van der Waals surface area contributed by atoms with Crippen LogP contribution in [0.15, 0.2) is 18.3 Å². The molecule has 0 radical (unpaired) electrons. The molecule has 2 atom stereocenters. The third kappa shape index (κ3) is 3.68. The number of nitrogens with one attached hydrogen (secondary N) is 1. The van der Waals surface area contributed by atoms with Crippen LogP contribution in [0.25, 0.3) is 0 Å². The number of likely N-dealkylation sites (N-methyl/N-ethyl adjacent to an activating group) is 1. The minimum absolute atomic E-state index is 0.101. The monoisotopic (exact) mass is 237 g/mol. The summed E-state index contributed by atoms with van der Waals surface area (Å²) in [6.45, 7) is 4.89. The molecule has 1 heterocycles. The van der Waals surface area contributed by atoms with Gasteiger partial charge in [-0.2, -0.15) is 0 Å². The van der Waals surface area contributed by atoms with Gasteiger partial charge in [0.15, 0.2) is 0 Å². The van der Waals surface area contributed by atoms with Gasteiger partial charge in [0.2, 0.25) is 0 Å². The van der Waals surface area contributed by atoms with Crippen molar-refractivity contribution in [1.29, 1.82) is 0 Å². The Balaban J connectivity index is 2.91. The molecule has 1 rings (SSSR count). The number of hydrogen-bond donors (Lipinski definition) is 2. The van der Waals surface area contributed by atoms with Crippen molar-refractivity contribution in [3.8, 4) is 0 Å². The highest BCUT2D eigenvalue weighted by molar-refractivity contribution is 5.41. The molecule has 1 aromatic heterocycles. The van der Waals surface area contributed by atoms with E-state index < -0.39 is 0 Å². The average molecular weight is 237 g/mol. The number of ether oxygens (including phenoxy) is 1. The number of nitrogens with two attached hydrogens (primary N) is 1. The van der Waals surface area contributed by atoms with Crippen LogP contribution >= 0.6 is 0 Å². The molecule has 17 heavy (non-hydrogen) atoms. The molecule has 2 unspecified atom stereocenters. The molecule has 0 aliphatic carbocycles. The van der Waals surface area contributed by atoms with E-state index in [4.69, 9.17) is 10.5 Å². The fourth-order valence-electron chi connectivity index (χ4n) is 2.08. The first-order chi connectivity index (χ1) is 8.24. The second kappa shape index (κ2) is 7.25. The van der Waals surface area contributed by atoms with Crippen molar-refractivity contribution < 1.29 is 4.74 Å². The van der Waals surface area contributed by atoms with Gasteiger partial charge < -0.3 is 15.8 Å². The van der Waals surface area contributed by atoms with Crippen LogP contribution < -0.4 is 11.1 Å². The topological polar surface area (TPSA) is 60.2 Å². The maximum atomic E-state index is 5.92.